The molecular weight excluding hydrogens is 209 g/mol. The Labute approximate surface area is 93.6 Å². The second-order valence-corrected chi connectivity index (χ2v) is 4.02. The van der Waals surface area contributed by atoms with Crippen molar-refractivity contribution in [1.82, 2.24) is 4.98 Å². The largest absolute Gasteiger partial charge is 0.244 e. The molecule has 0 saturated heterocycles. The lowest BCUT2D eigenvalue weighted by molar-refractivity contribution is 0.628. The summed E-state index contributed by atoms with van der Waals surface area (Å²) in [4.78, 5) is 5.38. The van der Waals surface area contributed by atoms with Gasteiger partial charge in [0.25, 0.3) is 0 Å². The van der Waals surface area contributed by atoms with E-state index in [0.717, 1.165) is 10.6 Å². The van der Waals surface area contributed by atoms with Gasteiger partial charge in [-0.05, 0) is 31.2 Å². The molecule has 0 fully saturated rings. The van der Waals surface area contributed by atoms with E-state index in [2.05, 4.69) is 4.98 Å². The number of thiazole rings is 1. The van der Waals surface area contributed by atoms with Crippen molar-refractivity contribution in [3.05, 3.63) is 41.2 Å². The predicted molar refractivity (Wildman–Crippen MR) is 63.6 cm³/mol. The van der Waals surface area contributed by atoms with Crippen LogP contribution in [0.3, 0.4) is 0 Å². The fourth-order valence-corrected chi connectivity index (χ4v) is 1.85. The maximum atomic E-state index is 12.6. The third-order valence-corrected chi connectivity index (χ3v) is 2.67. The smallest absolute Gasteiger partial charge is 0.123 e. The van der Waals surface area contributed by atoms with Gasteiger partial charge in [0.2, 0.25) is 0 Å². The van der Waals surface area contributed by atoms with Crippen LogP contribution < -0.4 is 0 Å². The number of rotatable bonds is 1. The minimum atomic E-state index is -0.211. The molecule has 15 heavy (non-hydrogen) atoms. The molecule has 0 saturated carbocycles. The fraction of sp³-hybridized carbons (Fsp3) is 0.250. The van der Waals surface area contributed by atoms with Crippen LogP contribution in [0, 0.1) is 12.7 Å². The first-order valence-corrected chi connectivity index (χ1v) is 5.76. The van der Waals surface area contributed by atoms with E-state index in [1.165, 1.54) is 17.0 Å². The second kappa shape index (κ2) is 5.61. The predicted octanol–water partition coefficient (Wildman–Crippen LogP) is 4.28. The molecule has 0 N–H and O–H groups in total. The van der Waals surface area contributed by atoms with Gasteiger partial charge in [0, 0.05) is 16.6 Å². The zero-order valence-corrected chi connectivity index (χ0v) is 9.94. The van der Waals surface area contributed by atoms with E-state index in [1.807, 2.05) is 27.0 Å². The van der Waals surface area contributed by atoms with Gasteiger partial charge in [0.1, 0.15) is 10.8 Å². The van der Waals surface area contributed by atoms with Gasteiger partial charge in [0.05, 0.1) is 0 Å². The van der Waals surface area contributed by atoms with Gasteiger partial charge < -0.3 is 0 Å². The Morgan fingerprint density at radius 3 is 2.20 bits per heavy atom. The molecule has 1 aromatic heterocycles. The molecule has 0 radical (unpaired) electrons. The van der Waals surface area contributed by atoms with Gasteiger partial charge in [-0.15, -0.1) is 11.3 Å². The van der Waals surface area contributed by atoms with E-state index in [-0.39, 0.29) is 5.82 Å². The molecule has 0 unspecified atom stereocenters. The fourth-order valence-electron chi connectivity index (χ4n) is 1.08. The number of benzene rings is 1. The molecule has 2 aromatic rings. The molecule has 0 atom stereocenters. The molecule has 0 amide bonds. The third-order valence-electron chi connectivity index (χ3n) is 1.71. The molecule has 1 aromatic carbocycles. The van der Waals surface area contributed by atoms with Gasteiger partial charge in [-0.2, -0.15) is 0 Å². The van der Waals surface area contributed by atoms with E-state index < -0.39 is 0 Å². The third kappa shape index (κ3) is 3.13. The van der Waals surface area contributed by atoms with Crippen molar-refractivity contribution in [3.63, 3.8) is 0 Å². The molecule has 0 aliphatic heterocycles. The highest BCUT2D eigenvalue weighted by Gasteiger charge is 2.01. The highest BCUT2D eigenvalue weighted by Crippen LogP contribution is 2.24. The van der Waals surface area contributed by atoms with Crippen molar-refractivity contribution < 1.29 is 4.39 Å². The number of aromatic nitrogens is 1. The van der Waals surface area contributed by atoms with Crippen molar-refractivity contribution in [2.24, 2.45) is 0 Å². The van der Waals surface area contributed by atoms with Crippen LogP contribution >= 0.6 is 11.3 Å². The topological polar surface area (TPSA) is 12.9 Å². The first-order chi connectivity index (χ1) is 7.25. The summed E-state index contributed by atoms with van der Waals surface area (Å²) in [7, 11) is 0. The first kappa shape index (κ1) is 11.9. The van der Waals surface area contributed by atoms with E-state index >= 15 is 0 Å². The van der Waals surface area contributed by atoms with Crippen LogP contribution in [0.25, 0.3) is 10.6 Å². The summed E-state index contributed by atoms with van der Waals surface area (Å²) in [6, 6.07) is 6.39. The van der Waals surface area contributed by atoms with Gasteiger partial charge in [-0.3, -0.25) is 0 Å². The molecule has 1 nitrogen and oxygen atoms in total. The number of aryl methyl sites for hydroxylation is 1. The van der Waals surface area contributed by atoms with Gasteiger partial charge in [0.15, 0.2) is 0 Å². The van der Waals surface area contributed by atoms with Gasteiger partial charge in [-0.25, -0.2) is 9.37 Å². The summed E-state index contributed by atoms with van der Waals surface area (Å²) in [5.74, 6) is -0.211. The summed E-state index contributed by atoms with van der Waals surface area (Å²) in [5.41, 5.74) is 0.972. The van der Waals surface area contributed by atoms with E-state index in [1.54, 1.807) is 23.5 Å². The standard InChI is InChI=1S/C10H8FNS.C2H6/c1-7-6-12-10(13-7)8-2-4-9(11)5-3-8;1-2/h2-6H,1H3;1-2H3. The Morgan fingerprint density at radius 1 is 1.13 bits per heavy atom. The summed E-state index contributed by atoms with van der Waals surface area (Å²) >= 11 is 1.61. The minimum Gasteiger partial charge on any atom is -0.244 e. The Hall–Kier alpha value is -1.22. The molecule has 0 spiro atoms. The number of halogens is 1. The van der Waals surface area contributed by atoms with Crippen molar-refractivity contribution >= 4 is 11.3 Å². The van der Waals surface area contributed by atoms with Crippen LogP contribution in [-0.2, 0) is 0 Å². The average molecular weight is 223 g/mol. The Kier molecular flexibility index (Phi) is 4.43. The van der Waals surface area contributed by atoms with Crippen molar-refractivity contribution in [3.8, 4) is 10.6 Å². The van der Waals surface area contributed by atoms with Gasteiger partial charge >= 0.3 is 0 Å². The summed E-state index contributed by atoms with van der Waals surface area (Å²) < 4.78 is 12.6. The van der Waals surface area contributed by atoms with Gasteiger partial charge in [-0.1, -0.05) is 13.8 Å². The highest BCUT2D eigenvalue weighted by molar-refractivity contribution is 7.14. The summed E-state index contributed by atoms with van der Waals surface area (Å²) in [6.45, 7) is 6.00. The number of nitrogens with zero attached hydrogens (tertiary/aromatic N) is 1. The van der Waals surface area contributed by atoms with Crippen LogP contribution in [0.1, 0.15) is 18.7 Å². The lowest BCUT2D eigenvalue weighted by atomic mass is 10.2. The van der Waals surface area contributed by atoms with Crippen LogP contribution in [0.15, 0.2) is 30.5 Å². The summed E-state index contributed by atoms with van der Waals surface area (Å²) in [5, 5.41) is 0.942. The maximum absolute atomic E-state index is 12.6. The first-order valence-electron chi connectivity index (χ1n) is 4.94. The second-order valence-electron chi connectivity index (χ2n) is 2.78. The monoisotopic (exact) mass is 223 g/mol. The maximum Gasteiger partial charge on any atom is 0.123 e. The molecule has 80 valence electrons. The lowest BCUT2D eigenvalue weighted by Gasteiger charge is -1.94. The van der Waals surface area contributed by atoms with Crippen molar-refractivity contribution in [2.45, 2.75) is 20.8 Å². The summed E-state index contributed by atoms with van der Waals surface area (Å²) in [6.07, 6.45) is 1.82. The Balaban J connectivity index is 0.000000531. The molecule has 2 rings (SSSR count). The van der Waals surface area contributed by atoms with Crippen LogP contribution in [0.2, 0.25) is 0 Å². The van der Waals surface area contributed by atoms with Crippen molar-refractivity contribution in [1.29, 1.82) is 0 Å². The normalized spacial score (nSPS) is 9.33. The lowest BCUT2D eigenvalue weighted by Crippen LogP contribution is -1.76. The SMILES string of the molecule is CC.Cc1cnc(-c2ccc(F)cc2)s1. The Bertz CT molecular complexity index is 406. The highest BCUT2D eigenvalue weighted by atomic mass is 32.1. The molecule has 1 heterocycles. The number of hydrogen-bond acceptors (Lipinski definition) is 2. The van der Waals surface area contributed by atoms with E-state index in [9.17, 15) is 4.39 Å². The minimum absolute atomic E-state index is 0.211. The Morgan fingerprint density at radius 2 is 1.73 bits per heavy atom. The average Bonchev–Trinajstić information content (AvgIpc) is 2.69. The molecule has 3 heteroatoms. The molecular formula is C12H14FNS. The zero-order valence-electron chi connectivity index (χ0n) is 9.12. The molecule has 0 aliphatic carbocycles. The molecule has 0 bridgehead atoms. The molecule has 0 aliphatic rings. The quantitative estimate of drug-likeness (QED) is 0.703. The van der Waals surface area contributed by atoms with Crippen molar-refractivity contribution in [2.75, 3.05) is 0 Å². The van der Waals surface area contributed by atoms with E-state index in [4.69, 9.17) is 0 Å². The van der Waals surface area contributed by atoms with E-state index in [0.29, 0.717) is 0 Å². The zero-order chi connectivity index (χ0) is 11.3. The van der Waals surface area contributed by atoms with Crippen LogP contribution in [0.5, 0.6) is 0 Å². The van der Waals surface area contributed by atoms with Crippen LogP contribution in [0.4, 0.5) is 4.39 Å². The number of hydrogen-bond donors (Lipinski definition) is 0. The van der Waals surface area contributed by atoms with Crippen LogP contribution in [-0.4, -0.2) is 4.98 Å².